The molecule has 0 radical (unpaired) electrons. The number of methoxy groups -OCH3 is 2. The molecule has 1 aromatic rings. The summed E-state index contributed by atoms with van der Waals surface area (Å²) in [6.45, 7) is 9.18. The van der Waals surface area contributed by atoms with Gasteiger partial charge in [0.2, 0.25) is 0 Å². The predicted octanol–water partition coefficient (Wildman–Crippen LogP) is 2.68. The van der Waals surface area contributed by atoms with Gasteiger partial charge in [-0.05, 0) is 57.9 Å². The summed E-state index contributed by atoms with van der Waals surface area (Å²) in [6.07, 6.45) is -0.626. The molecule has 1 aromatic carbocycles. The van der Waals surface area contributed by atoms with Crippen LogP contribution in [-0.4, -0.2) is 72.0 Å². The molecule has 8 nitrogen and oxygen atoms in total. The minimum Gasteiger partial charge on any atom is -0.497 e. The van der Waals surface area contributed by atoms with Gasteiger partial charge in [0.15, 0.2) is 0 Å². The van der Waals surface area contributed by atoms with Gasteiger partial charge < -0.3 is 14.2 Å². The smallest absolute Gasteiger partial charge is 0.410 e. The summed E-state index contributed by atoms with van der Waals surface area (Å²) in [5.74, 6) is 0.152. The highest BCUT2D eigenvalue weighted by molar-refractivity contribution is 7.82. The van der Waals surface area contributed by atoms with Crippen LogP contribution in [0.3, 0.4) is 0 Å². The van der Waals surface area contributed by atoms with E-state index in [4.69, 9.17) is 9.47 Å². The number of amides is 1. The van der Waals surface area contributed by atoms with Crippen LogP contribution < -0.4 is 4.74 Å². The van der Waals surface area contributed by atoms with E-state index >= 15 is 0 Å². The quantitative estimate of drug-likeness (QED) is 0.592. The third kappa shape index (κ3) is 7.66. The maximum Gasteiger partial charge on any atom is 0.410 e. The van der Waals surface area contributed by atoms with Gasteiger partial charge >= 0.3 is 12.1 Å². The first-order chi connectivity index (χ1) is 13.4. The molecule has 0 bridgehead atoms. The van der Waals surface area contributed by atoms with Crippen LogP contribution in [0.25, 0.3) is 0 Å². The molecule has 29 heavy (non-hydrogen) atoms. The van der Waals surface area contributed by atoms with Crippen LogP contribution in [0.5, 0.6) is 5.75 Å². The second kappa shape index (κ2) is 10.6. The molecule has 0 saturated heterocycles. The minimum absolute atomic E-state index is 0.153. The lowest BCUT2D eigenvalue weighted by molar-refractivity contribution is -0.141. The summed E-state index contributed by atoms with van der Waals surface area (Å²) in [5.41, 5.74) is 1.01. The van der Waals surface area contributed by atoms with Crippen LogP contribution in [0, 0.1) is 13.8 Å². The van der Waals surface area contributed by atoms with Crippen LogP contribution in [0.2, 0.25) is 0 Å². The molecule has 0 heterocycles. The van der Waals surface area contributed by atoms with E-state index in [1.54, 1.807) is 39.2 Å². The molecule has 0 aliphatic rings. The third-order valence-corrected chi connectivity index (χ3v) is 5.75. The van der Waals surface area contributed by atoms with E-state index in [1.807, 2.05) is 26.0 Å². The SMILES string of the molecule is COC(=O)CN(CCN(C)S(=O)c1c(C)cc(OC)cc1C)C(=O)OC(C)(C)C. The normalized spacial score (nSPS) is 12.4. The molecule has 1 rings (SSSR count). The number of likely N-dealkylation sites (N-methyl/N-ethyl adjacent to an activating group) is 1. The second-order valence-electron chi connectivity index (χ2n) is 7.67. The zero-order chi connectivity index (χ0) is 22.4. The van der Waals surface area contributed by atoms with Gasteiger partial charge in [-0.25, -0.2) is 13.3 Å². The summed E-state index contributed by atoms with van der Waals surface area (Å²) in [7, 11) is 3.10. The molecule has 0 N–H and O–H groups in total. The minimum atomic E-state index is -1.44. The van der Waals surface area contributed by atoms with Crippen molar-refractivity contribution in [1.29, 1.82) is 0 Å². The van der Waals surface area contributed by atoms with E-state index in [0.29, 0.717) is 10.6 Å². The monoisotopic (exact) mass is 428 g/mol. The number of carbonyl (C=O) groups is 2. The lowest BCUT2D eigenvalue weighted by atomic mass is 10.1. The number of esters is 1. The Hall–Kier alpha value is -2.13. The molecule has 9 heteroatoms. The van der Waals surface area contributed by atoms with Crippen LogP contribution in [0.15, 0.2) is 17.0 Å². The van der Waals surface area contributed by atoms with Crippen molar-refractivity contribution in [3.05, 3.63) is 23.3 Å². The number of hydrogen-bond donors (Lipinski definition) is 0. The van der Waals surface area contributed by atoms with Crippen molar-refractivity contribution >= 4 is 23.0 Å². The van der Waals surface area contributed by atoms with E-state index in [0.717, 1.165) is 11.1 Å². The maximum atomic E-state index is 13.0. The number of hydrogen-bond acceptors (Lipinski definition) is 6. The zero-order valence-electron chi connectivity index (χ0n) is 18.5. The van der Waals surface area contributed by atoms with E-state index in [9.17, 15) is 13.8 Å². The number of rotatable bonds is 8. The van der Waals surface area contributed by atoms with E-state index in [2.05, 4.69) is 4.74 Å². The molecule has 164 valence electrons. The number of carbonyl (C=O) groups excluding carboxylic acids is 2. The first-order valence-electron chi connectivity index (χ1n) is 9.22. The Labute approximate surface area is 175 Å². The summed E-state index contributed by atoms with van der Waals surface area (Å²) in [6, 6.07) is 3.66. The fourth-order valence-corrected chi connectivity index (χ4v) is 3.81. The average Bonchev–Trinajstić information content (AvgIpc) is 2.62. The highest BCUT2D eigenvalue weighted by Gasteiger charge is 2.25. The van der Waals surface area contributed by atoms with E-state index in [1.165, 1.54) is 12.0 Å². The van der Waals surface area contributed by atoms with Crippen LogP contribution >= 0.6 is 0 Å². The van der Waals surface area contributed by atoms with Crippen molar-refractivity contribution in [2.24, 2.45) is 0 Å². The molecule has 1 amide bonds. The molecule has 0 fully saturated rings. The molecular weight excluding hydrogens is 396 g/mol. The Kier molecular flexibility index (Phi) is 9.10. The molecule has 0 aromatic heterocycles. The number of ether oxygens (including phenoxy) is 3. The van der Waals surface area contributed by atoms with Gasteiger partial charge in [0, 0.05) is 20.1 Å². The molecule has 0 aliphatic heterocycles. The van der Waals surface area contributed by atoms with Gasteiger partial charge in [-0.2, -0.15) is 0 Å². The van der Waals surface area contributed by atoms with E-state index < -0.39 is 28.6 Å². The molecular formula is C20H32N2O6S. The molecule has 1 atom stereocenters. The van der Waals surface area contributed by atoms with Gasteiger partial charge in [0.1, 0.15) is 28.9 Å². The predicted molar refractivity (Wildman–Crippen MR) is 111 cm³/mol. The van der Waals surface area contributed by atoms with Crippen LogP contribution in [0.4, 0.5) is 4.79 Å². The molecule has 0 aliphatic carbocycles. The van der Waals surface area contributed by atoms with Crippen molar-refractivity contribution in [3.63, 3.8) is 0 Å². The lowest BCUT2D eigenvalue weighted by Crippen LogP contribution is -2.43. The fraction of sp³-hybridized carbons (Fsp3) is 0.600. The van der Waals surface area contributed by atoms with Crippen molar-refractivity contribution in [3.8, 4) is 5.75 Å². The Bertz CT molecular complexity index is 737. The lowest BCUT2D eigenvalue weighted by Gasteiger charge is -2.28. The Morgan fingerprint density at radius 2 is 1.62 bits per heavy atom. The zero-order valence-corrected chi connectivity index (χ0v) is 19.3. The first kappa shape index (κ1) is 24.9. The Balaban J connectivity index is 2.91. The molecule has 0 spiro atoms. The number of benzene rings is 1. The van der Waals surface area contributed by atoms with Crippen LogP contribution in [-0.2, 0) is 25.3 Å². The van der Waals surface area contributed by atoms with Crippen molar-refractivity contribution in [2.45, 2.75) is 45.1 Å². The van der Waals surface area contributed by atoms with Gasteiger partial charge in [0.25, 0.3) is 0 Å². The standard InChI is InChI=1S/C20H32N2O6S/c1-14-11-16(26-7)12-15(2)18(14)29(25)21(6)9-10-22(13-17(23)27-8)19(24)28-20(3,4)5/h11-12H,9-10,13H2,1-8H3. The summed E-state index contributed by atoms with van der Waals surface area (Å²) >= 11 is 0. The summed E-state index contributed by atoms with van der Waals surface area (Å²) in [4.78, 5) is 26.1. The molecule has 1 unspecified atom stereocenters. The van der Waals surface area contributed by atoms with Gasteiger partial charge in [-0.1, -0.05) is 0 Å². The average molecular weight is 429 g/mol. The Morgan fingerprint density at radius 1 is 1.07 bits per heavy atom. The second-order valence-corrected chi connectivity index (χ2v) is 9.20. The van der Waals surface area contributed by atoms with Crippen molar-refractivity contribution in [2.75, 3.05) is 40.9 Å². The molecule has 0 saturated carbocycles. The first-order valence-corrected chi connectivity index (χ1v) is 10.3. The van der Waals surface area contributed by atoms with Crippen molar-refractivity contribution in [1.82, 2.24) is 9.21 Å². The van der Waals surface area contributed by atoms with Crippen molar-refractivity contribution < 1.29 is 28.0 Å². The summed E-state index contributed by atoms with van der Waals surface area (Å²) < 4.78 is 29.9. The Morgan fingerprint density at radius 3 is 2.07 bits per heavy atom. The highest BCUT2D eigenvalue weighted by atomic mass is 32.2. The number of nitrogens with zero attached hydrogens (tertiary/aromatic N) is 2. The number of aryl methyl sites for hydroxylation is 2. The maximum absolute atomic E-state index is 13.0. The largest absolute Gasteiger partial charge is 0.497 e. The summed E-state index contributed by atoms with van der Waals surface area (Å²) in [5, 5.41) is 0. The fourth-order valence-electron chi connectivity index (χ4n) is 2.59. The van der Waals surface area contributed by atoms with Gasteiger partial charge in [-0.3, -0.25) is 9.69 Å². The van der Waals surface area contributed by atoms with Gasteiger partial charge in [-0.15, -0.1) is 0 Å². The van der Waals surface area contributed by atoms with Gasteiger partial charge in [0.05, 0.1) is 19.1 Å². The highest BCUT2D eigenvalue weighted by Crippen LogP contribution is 2.25. The van der Waals surface area contributed by atoms with Crippen LogP contribution in [0.1, 0.15) is 31.9 Å². The van der Waals surface area contributed by atoms with E-state index in [-0.39, 0.29) is 19.6 Å². The third-order valence-electron chi connectivity index (χ3n) is 4.01. The topological polar surface area (TPSA) is 85.4 Å².